The highest BCUT2D eigenvalue weighted by molar-refractivity contribution is 6.04. The maximum Gasteiger partial charge on any atom is 0.412 e. The van der Waals surface area contributed by atoms with Crippen LogP contribution in [0, 0.1) is 17.1 Å². The molecule has 7 heteroatoms. The maximum absolute atomic E-state index is 13.9. The Labute approximate surface area is 150 Å². The number of carbonyl (C=O) groups is 2. The summed E-state index contributed by atoms with van der Waals surface area (Å²) in [6.45, 7) is 5.07. The molecule has 2 amide bonds. The highest BCUT2D eigenvalue weighted by atomic mass is 19.1. The summed E-state index contributed by atoms with van der Waals surface area (Å²) in [7, 11) is 0. The van der Waals surface area contributed by atoms with Gasteiger partial charge in [0.1, 0.15) is 11.4 Å². The molecule has 2 aromatic rings. The number of nitrogens with zero attached hydrogens (tertiary/aromatic N) is 1. The van der Waals surface area contributed by atoms with Crippen LogP contribution in [0.3, 0.4) is 0 Å². The van der Waals surface area contributed by atoms with E-state index in [1.54, 1.807) is 39.0 Å². The van der Waals surface area contributed by atoms with Crippen molar-refractivity contribution in [3.05, 3.63) is 59.4 Å². The molecule has 0 radical (unpaired) electrons. The Balaban J connectivity index is 2.14. The normalized spacial score (nSPS) is 10.6. The Bertz CT molecular complexity index is 882. The number of nitriles is 1. The summed E-state index contributed by atoms with van der Waals surface area (Å²) in [6, 6.07) is 11.9. The molecule has 0 spiro atoms. The van der Waals surface area contributed by atoms with Crippen LogP contribution in [0.2, 0.25) is 0 Å². The fourth-order valence-electron chi connectivity index (χ4n) is 2.05. The number of hydrogen-bond donors (Lipinski definition) is 2. The van der Waals surface area contributed by atoms with E-state index in [2.05, 4.69) is 10.6 Å². The molecule has 0 aliphatic carbocycles. The van der Waals surface area contributed by atoms with Crippen LogP contribution in [-0.4, -0.2) is 17.6 Å². The van der Waals surface area contributed by atoms with Gasteiger partial charge >= 0.3 is 6.09 Å². The first-order chi connectivity index (χ1) is 12.2. The summed E-state index contributed by atoms with van der Waals surface area (Å²) in [4.78, 5) is 24.0. The quantitative estimate of drug-likeness (QED) is 0.859. The highest BCUT2D eigenvalue weighted by Gasteiger charge is 2.18. The minimum absolute atomic E-state index is 0.122. The minimum atomic E-state index is -0.804. The number of halogens is 1. The van der Waals surface area contributed by atoms with E-state index in [1.807, 2.05) is 6.07 Å². The highest BCUT2D eigenvalue weighted by Crippen LogP contribution is 2.21. The SMILES string of the molecule is CC(C)(C)OC(=O)Nc1cc(NC(=O)c2cccc(C#N)c2)ccc1F. The number of benzene rings is 2. The van der Waals surface area contributed by atoms with Crippen LogP contribution in [0.1, 0.15) is 36.7 Å². The zero-order valence-electron chi connectivity index (χ0n) is 14.6. The van der Waals surface area contributed by atoms with Gasteiger partial charge in [0, 0.05) is 11.3 Å². The second-order valence-corrected chi connectivity index (χ2v) is 6.47. The number of rotatable bonds is 3. The lowest BCUT2D eigenvalue weighted by Gasteiger charge is -2.20. The van der Waals surface area contributed by atoms with E-state index in [1.165, 1.54) is 18.2 Å². The molecule has 0 saturated carbocycles. The number of nitrogens with one attached hydrogen (secondary N) is 2. The minimum Gasteiger partial charge on any atom is -0.444 e. The van der Waals surface area contributed by atoms with E-state index >= 15 is 0 Å². The van der Waals surface area contributed by atoms with E-state index in [-0.39, 0.29) is 16.9 Å². The van der Waals surface area contributed by atoms with Crippen molar-refractivity contribution in [3.63, 3.8) is 0 Å². The van der Waals surface area contributed by atoms with Crippen LogP contribution in [-0.2, 0) is 4.74 Å². The molecular weight excluding hydrogens is 337 g/mol. The van der Waals surface area contributed by atoms with Crippen molar-refractivity contribution in [2.75, 3.05) is 10.6 Å². The second kappa shape index (κ2) is 7.66. The zero-order valence-corrected chi connectivity index (χ0v) is 14.6. The Hall–Kier alpha value is -3.40. The Morgan fingerprint density at radius 2 is 1.85 bits per heavy atom. The largest absolute Gasteiger partial charge is 0.444 e. The summed E-state index contributed by atoms with van der Waals surface area (Å²) in [5.41, 5.74) is 0.0738. The van der Waals surface area contributed by atoms with Gasteiger partial charge in [0.2, 0.25) is 0 Å². The average Bonchev–Trinajstić information content (AvgIpc) is 2.56. The van der Waals surface area contributed by atoms with Gasteiger partial charge in [-0.2, -0.15) is 5.26 Å². The number of anilines is 2. The van der Waals surface area contributed by atoms with Crippen LogP contribution in [0.15, 0.2) is 42.5 Å². The van der Waals surface area contributed by atoms with Crippen LogP contribution >= 0.6 is 0 Å². The van der Waals surface area contributed by atoms with Gasteiger partial charge < -0.3 is 10.1 Å². The molecule has 0 aliphatic rings. The Kier molecular flexibility index (Phi) is 5.58. The summed E-state index contributed by atoms with van der Waals surface area (Å²) in [5, 5.41) is 13.8. The summed E-state index contributed by atoms with van der Waals surface area (Å²) in [6.07, 6.45) is -0.804. The summed E-state index contributed by atoms with van der Waals surface area (Å²) < 4.78 is 19.0. The van der Waals surface area contributed by atoms with Gasteiger partial charge in [-0.25, -0.2) is 9.18 Å². The van der Waals surface area contributed by atoms with Crippen molar-refractivity contribution in [1.82, 2.24) is 0 Å². The molecule has 6 nitrogen and oxygen atoms in total. The van der Waals surface area contributed by atoms with Crippen molar-refractivity contribution < 1.29 is 18.7 Å². The van der Waals surface area contributed by atoms with E-state index in [0.29, 0.717) is 5.56 Å². The van der Waals surface area contributed by atoms with Gasteiger partial charge in [0.25, 0.3) is 5.91 Å². The van der Waals surface area contributed by atoms with Crippen molar-refractivity contribution in [3.8, 4) is 6.07 Å². The van der Waals surface area contributed by atoms with Crippen molar-refractivity contribution in [2.24, 2.45) is 0 Å². The zero-order chi connectivity index (χ0) is 19.3. The third-order valence-corrected chi connectivity index (χ3v) is 3.11. The lowest BCUT2D eigenvalue weighted by atomic mass is 10.1. The lowest BCUT2D eigenvalue weighted by Crippen LogP contribution is -2.27. The summed E-state index contributed by atoms with van der Waals surface area (Å²) in [5.74, 6) is -1.13. The molecule has 0 saturated heterocycles. The van der Waals surface area contributed by atoms with Gasteiger partial charge in [0.15, 0.2) is 0 Å². The fourth-order valence-corrected chi connectivity index (χ4v) is 2.05. The van der Waals surface area contributed by atoms with Gasteiger partial charge in [0.05, 0.1) is 17.3 Å². The second-order valence-electron chi connectivity index (χ2n) is 6.47. The predicted octanol–water partition coefficient (Wildman–Crippen LogP) is 4.30. The summed E-state index contributed by atoms with van der Waals surface area (Å²) >= 11 is 0. The molecule has 0 fully saturated rings. The topological polar surface area (TPSA) is 91.2 Å². The first kappa shape index (κ1) is 18.9. The van der Waals surface area contributed by atoms with Gasteiger partial charge in [-0.3, -0.25) is 10.1 Å². The molecule has 0 aromatic heterocycles. The van der Waals surface area contributed by atoms with Crippen molar-refractivity contribution in [2.45, 2.75) is 26.4 Å². The monoisotopic (exact) mass is 355 g/mol. The molecule has 0 atom stereocenters. The fraction of sp³-hybridized carbons (Fsp3) is 0.211. The number of carbonyl (C=O) groups excluding carboxylic acids is 2. The van der Waals surface area contributed by atoms with Crippen LogP contribution in [0.25, 0.3) is 0 Å². The standard InChI is InChI=1S/C19H18FN3O3/c1-19(2,3)26-18(25)23-16-10-14(7-8-15(16)20)22-17(24)13-6-4-5-12(9-13)11-21/h4-10H,1-3H3,(H,22,24)(H,23,25). The van der Waals surface area contributed by atoms with Crippen LogP contribution < -0.4 is 10.6 Å². The van der Waals surface area contributed by atoms with Crippen LogP contribution in [0.4, 0.5) is 20.6 Å². The predicted molar refractivity (Wildman–Crippen MR) is 95.4 cm³/mol. The van der Waals surface area contributed by atoms with E-state index in [4.69, 9.17) is 10.00 Å². The van der Waals surface area contributed by atoms with Gasteiger partial charge in [-0.1, -0.05) is 6.07 Å². The van der Waals surface area contributed by atoms with Crippen molar-refractivity contribution in [1.29, 1.82) is 5.26 Å². The third-order valence-electron chi connectivity index (χ3n) is 3.11. The first-order valence-electron chi connectivity index (χ1n) is 7.79. The lowest BCUT2D eigenvalue weighted by molar-refractivity contribution is 0.0635. The molecule has 0 unspecified atom stereocenters. The molecule has 2 N–H and O–H groups in total. The molecule has 0 bridgehead atoms. The molecule has 0 aliphatic heterocycles. The first-order valence-corrected chi connectivity index (χ1v) is 7.79. The Morgan fingerprint density at radius 3 is 2.50 bits per heavy atom. The van der Waals surface area contributed by atoms with E-state index in [0.717, 1.165) is 6.07 Å². The molecule has 2 rings (SSSR count). The molecule has 26 heavy (non-hydrogen) atoms. The molecular formula is C19H18FN3O3. The molecule has 0 heterocycles. The third kappa shape index (κ3) is 5.31. The van der Waals surface area contributed by atoms with Gasteiger partial charge in [-0.15, -0.1) is 0 Å². The maximum atomic E-state index is 13.9. The number of amides is 2. The number of hydrogen-bond acceptors (Lipinski definition) is 4. The van der Waals surface area contributed by atoms with Crippen LogP contribution in [0.5, 0.6) is 0 Å². The Morgan fingerprint density at radius 1 is 1.12 bits per heavy atom. The average molecular weight is 355 g/mol. The van der Waals surface area contributed by atoms with E-state index < -0.39 is 23.4 Å². The van der Waals surface area contributed by atoms with E-state index in [9.17, 15) is 14.0 Å². The smallest absolute Gasteiger partial charge is 0.412 e. The van der Waals surface area contributed by atoms with Crippen molar-refractivity contribution >= 4 is 23.4 Å². The molecule has 2 aromatic carbocycles. The van der Waals surface area contributed by atoms with Gasteiger partial charge in [-0.05, 0) is 57.2 Å². The molecule has 134 valence electrons. The number of ether oxygens (including phenoxy) is 1.